The molecule has 0 saturated heterocycles. The third-order valence-corrected chi connectivity index (χ3v) is 3.41. The number of benzene rings is 1. The maximum absolute atomic E-state index is 10.8. The molecule has 0 bridgehead atoms. The lowest BCUT2D eigenvalue weighted by Gasteiger charge is -2.29. The summed E-state index contributed by atoms with van der Waals surface area (Å²) in [6, 6.07) is 6.16. The first-order valence-corrected chi connectivity index (χ1v) is 6.55. The Morgan fingerprint density at radius 3 is 3.11 bits per heavy atom. The summed E-state index contributed by atoms with van der Waals surface area (Å²) >= 11 is 0. The zero-order valence-electron chi connectivity index (χ0n) is 11.3. The van der Waals surface area contributed by atoms with E-state index in [0.717, 1.165) is 38.3 Å². The fourth-order valence-electron chi connectivity index (χ4n) is 2.43. The lowest BCUT2D eigenvalue weighted by molar-refractivity contribution is -0.116. The van der Waals surface area contributed by atoms with Crippen LogP contribution in [0.3, 0.4) is 0 Å². The quantitative estimate of drug-likeness (QED) is 0.788. The molecule has 1 aromatic rings. The van der Waals surface area contributed by atoms with Crippen molar-refractivity contribution in [3.05, 3.63) is 29.3 Å². The maximum atomic E-state index is 10.8. The van der Waals surface area contributed by atoms with Gasteiger partial charge in [-0.05, 0) is 23.6 Å². The van der Waals surface area contributed by atoms with Crippen molar-refractivity contribution in [2.45, 2.75) is 13.0 Å². The fraction of sp³-hybridized carbons (Fsp3) is 0.500. The van der Waals surface area contributed by atoms with E-state index in [9.17, 15) is 4.79 Å². The summed E-state index contributed by atoms with van der Waals surface area (Å²) < 4.78 is 5.12. The summed E-state index contributed by atoms with van der Waals surface area (Å²) in [5.74, 6) is -0.338. The van der Waals surface area contributed by atoms with Crippen molar-refractivity contribution in [1.82, 2.24) is 4.90 Å². The van der Waals surface area contributed by atoms with Crippen LogP contribution < -0.4 is 11.1 Å². The number of fused-ring (bicyclic) bond motifs is 1. The van der Waals surface area contributed by atoms with Crippen LogP contribution in [-0.2, 0) is 22.5 Å². The zero-order chi connectivity index (χ0) is 13.7. The number of carbonyl (C=O) groups excluding carboxylic acids is 1. The van der Waals surface area contributed by atoms with Crippen molar-refractivity contribution in [3.8, 4) is 0 Å². The first kappa shape index (κ1) is 13.8. The Hall–Kier alpha value is -1.59. The lowest BCUT2D eigenvalue weighted by atomic mass is 9.97. The van der Waals surface area contributed by atoms with E-state index in [1.807, 2.05) is 12.1 Å². The van der Waals surface area contributed by atoms with Crippen molar-refractivity contribution in [1.29, 1.82) is 0 Å². The number of primary amides is 1. The van der Waals surface area contributed by atoms with Gasteiger partial charge in [0.25, 0.3) is 0 Å². The molecule has 0 radical (unpaired) electrons. The molecule has 1 aliphatic heterocycles. The number of methoxy groups -OCH3 is 1. The van der Waals surface area contributed by atoms with Crippen LogP contribution in [0.4, 0.5) is 5.69 Å². The van der Waals surface area contributed by atoms with Crippen LogP contribution in [0.2, 0.25) is 0 Å². The minimum Gasteiger partial charge on any atom is -0.383 e. The number of nitrogens with one attached hydrogen (secondary N) is 1. The van der Waals surface area contributed by atoms with E-state index in [0.29, 0.717) is 0 Å². The largest absolute Gasteiger partial charge is 0.383 e. The minimum atomic E-state index is -0.338. The highest BCUT2D eigenvalue weighted by Crippen LogP contribution is 2.25. The first-order chi connectivity index (χ1) is 9.20. The second-order valence-electron chi connectivity index (χ2n) is 4.78. The molecule has 1 amide bonds. The van der Waals surface area contributed by atoms with E-state index in [2.05, 4.69) is 16.3 Å². The van der Waals surface area contributed by atoms with Crippen molar-refractivity contribution < 1.29 is 9.53 Å². The summed E-state index contributed by atoms with van der Waals surface area (Å²) in [4.78, 5) is 13.2. The molecule has 2 rings (SSSR count). The number of carbonyl (C=O) groups is 1. The maximum Gasteiger partial charge on any atom is 0.236 e. The van der Waals surface area contributed by atoms with Crippen LogP contribution in [0.1, 0.15) is 11.1 Å². The third kappa shape index (κ3) is 3.68. The molecule has 104 valence electrons. The number of ether oxygens (including phenoxy) is 1. The molecular weight excluding hydrogens is 242 g/mol. The molecule has 0 spiro atoms. The van der Waals surface area contributed by atoms with Gasteiger partial charge < -0.3 is 15.8 Å². The van der Waals surface area contributed by atoms with Gasteiger partial charge in [0.15, 0.2) is 0 Å². The van der Waals surface area contributed by atoms with Gasteiger partial charge in [-0.15, -0.1) is 0 Å². The molecule has 5 nitrogen and oxygen atoms in total. The Balaban J connectivity index is 2.05. The highest BCUT2D eigenvalue weighted by molar-refractivity contribution is 5.79. The van der Waals surface area contributed by atoms with Gasteiger partial charge >= 0.3 is 0 Å². The molecule has 0 saturated carbocycles. The van der Waals surface area contributed by atoms with E-state index >= 15 is 0 Å². The molecule has 0 unspecified atom stereocenters. The molecule has 19 heavy (non-hydrogen) atoms. The number of hydrogen-bond donors (Lipinski definition) is 2. The topological polar surface area (TPSA) is 67.6 Å². The van der Waals surface area contributed by atoms with Crippen LogP contribution >= 0.6 is 0 Å². The summed E-state index contributed by atoms with van der Waals surface area (Å²) in [7, 11) is 1.73. The normalized spacial score (nSPS) is 15.0. The average molecular weight is 263 g/mol. The minimum absolute atomic E-state index is 0.184. The van der Waals surface area contributed by atoms with Crippen LogP contribution in [0, 0.1) is 0 Å². The lowest BCUT2D eigenvalue weighted by Crippen LogP contribution is -2.33. The van der Waals surface area contributed by atoms with Gasteiger partial charge in [-0.25, -0.2) is 0 Å². The third-order valence-electron chi connectivity index (χ3n) is 3.41. The smallest absolute Gasteiger partial charge is 0.236 e. The Morgan fingerprint density at radius 2 is 2.37 bits per heavy atom. The zero-order valence-corrected chi connectivity index (χ0v) is 11.3. The first-order valence-electron chi connectivity index (χ1n) is 6.55. The number of hydrogen-bond acceptors (Lipinski definition) is 4. The molecule has 3 N–H and O–H groups in total. The standard InChI is InChI=1S/C14H21N3O2/c1-19-8-7-17-6-5-12-11(10-17)3-2-4-13(12)16-9-14(15)18/h2-4,16H,5-10H2,1H3,(H2,15,18). The van der Waals surface area contributed by atoms with Gasteiger partial charge in [-0.2, -0.15) is 0 Å². The predicted molar refractivity (Wildman–Crippen MR) is 75.0 cm³/mol. The number of rotatable bonds is 6. The Kier molecular flexibility index (Phi) is 4.76. The van der Waals surface area contributed by atoms with E-state index in [1.54, 1.807) is 7.11 Å². The van der Waals surface area contributed by atoms with Crippen LogP contribution in [-0.4, -0.2) is 44.2 Å². The molecule has 1 heterocycles. The van der Waals surface area contributed by atoms with E-state index in [1.165, 1.54) is 11.1 Å². The molecule has 0 aromatic heterocycles. The number of amides is 1. The molecule has 0 aliphatic carbocycles. The van der Waals surface area contributed by atoms with E-state index in [4.69, 9.17) is 10.5 Å². The second kappa shape index (κ2) is 6.54. The SMILES string of the molecule is COCCN1CCc2c(cccc2NCC(N)=O)C1. The Bertz CT molecular complexity index is 448. The summed E-state index contributed by atoms with van der Waals surface area (Å²) in [5.41, 5.74) is 8.82. The van der Waals surface area contributed by atoms with Gasteiger partial charge in [0.2, 0.25) is 5.91 Å². The fourth-order valence-corrected chi connectivity index (χ4v) is 2.43. The highest BCUT2D eigenvalue weighted by Gasteiger charge is 2.18. The van der Waals surface area contributed by atoms with Gasteiger partial charge in [0.1, 0.15) is 0 Å². The predicted octanol–water partition coefficient (Wildman–Crippen LogP) is 0.588. The molecule has 1 aromatic carbocycles. The number of anilines is 1. The average Bonchev–Trinajstić information content (AvgIpc) is 2.42. The van der Waals surface area contributed by atoms with E-state index in [-0.39, 0.29) is 12.5 Å². The van der Waals surface area contributed by atoms with Crippen LogP contribution in [0.15, 0.2) is 18.2 Å². The Morgan fingerprint density at radius 1 is 1.53 bits per heavy atom. The van der Waals surface area contributed by atoms with Gasteiger partial charge in [-0.1, -0.05) is 12.1 Å². The van der Waals surface area contributed by atoms with E-state index < -0.39 is 0 Å². The van der Waals surface area contributed by atoms with Gasteiger partial charge in [0.05, 0.1) is 13.2 Å². The van der Waals surface area contributed by atoms with Crippen LogP contribution in [0.5, 0.6) is 0 Å². The Labute approximate surface area is 113 Å². The van der Waals surface area contributed by atoms with Crippen molar-refractivity contribution >= 4 is 11.6 Å². The number of nitrogens with two attached hydrogens (primary N) is 1. The van der Waals surface area contributed by atoms with Crippen LogP contribution in [0.25, 0.3) is 0 Å². The van der Waals surface area contributed by atoms with Crippen molar-refractivity contribution in [3.63, 3.8) is 0 Å². The van der Waals surface area contributed by atoms with Crippen molar-refractivity contribution in [2.24, 2.45) is 5.73 Å². The van der Waals surface area contributed by atoms with Gasteiger partial charge in [-0.3, -0.25) is 9.69 Å². The molecule has 0 fully saturated rings. The summed E-state index contributed by atoms with van der Waals surface area (Å²) in [6.07, 6.45) is 0.987. The van der Waals surface area contributed by atoms with Crippen molar-refractivity contribution in [2.75, 3.05) is 38.7 Å². The second-order valence-corrected chi connectivity index (χ2v) is 4.78. The monoisotopic (exact) mass is 263 g/mol. The highest BCUT2D eigenvalue weighted by atomic mass is 16.5. The summed E-state index contributed by atoms with van der Waals surface area (Å²) in [6.45, 7) is 3.85. The number of nitrogens with zero attached hydrogens (tertiary/aromatic N) is 1. The molecule has 0 atom stereocenters. The van der Waals surface area contributed by atoms with Gasteiger partial charge in [0, 0.05) is 32.4 Å². The summed E-state index contributed by atoms with van der Waals surface area (Å²) in [5, 5.41) is 3.11. The molecule has 5 heteroatoms. The molecule has 1 aliphatic rings. The molecular formula is C14H21N3O2.